The van der Waals surface area contributed by atoms with Gasteiger partial charge in [0.1, 0.15) is 5.75 Å². The predicted molar refractivity (Wildman–Crippen MR) is 78.2 cm³/mol. The van der Waals surface area contributed by atoms with Crippen LogP contribution < -0.4 is 9.47 Å². The molecule has 0 radical (unpaired) electrons. The number of rotatable bonds is 5. The lowest BCUT2D eigenvalue weighted by Crippen LogP contribution is -2.07. The van der Waals surface area contributed by atoms with E-state index in [2.05, 4.69) is 4.98 Å². The number of benzene rings is 1. The molecule has 5 heteroatoms. The van der Waals surface area contributed by atoms with Gasteiger partial charge in [0.2, 0.25) is 0 Å². The van der Waals surface area contributed by atoms with E-state index < -0.39 is 5.97 Å². The molecule has 0 aliphatic carbocycles. The van der Waals surface area contributed by atoms with Crippen LogP contribution in [0.4, 0.5) is 0 Å². The normalized spacial score (nSPS) is 10.5. The van der Waals surface area contributed by atoms with Crippen molar-refractivity contribution in [2.24, 2.45) is 0 Å². The van der Waals surface area contributed by atoms with Gasteiger partial charge in [-0.15, -0.1) is 0 Å². The zero-order chi connectivity index (χ0) is 15.4. The molecular weight excluding hydrogens is 270 g/mol. The molecule has 5 nitrogen and oxygen atoms in total. The SMILES string of the molecule is Cc1cc(Oc2ncccc2OC(C)C)ccc1C(=O)O. The fourth-order valence-electron chi connectivity index (χ4n) is 1.85. The van der Waals surface area contributed by atoms with E-state index in [4.69, 9.17) is 14.6 Å². The highest BCUT2D eigenvalue weighted by Crippen LogP contribution is 2.30. The van der Waals surface area contributed by atoms with Crippen molar-refractivity contribution >= 4 is 5.97 Å². The zero-order valence-electron chi connectivity index (χ0n) is 12.2. The molecule has 21 heavy (non-hydrogen) atoms. The van der Waals surface area contributed by atoms with Crippen LogP contribution in [0, 0.1) is 6.92 Å². The minimum absolute atomic E-state index is 0.00710. The molecule has 0 amide bonds. The lowest BCUT2D eigenvalue weighted by Gasteiger charge is -2.14. The van der Waals surface area contributed by atoms with E-state index in [0.717, 1.165) is 0 Å². The summed E-state index contributed by atoms with van der Waals surface area (Å²) in [5, 5.41) is 9.02. The van der Waals surface area contributed by atoms with Gasteiger partial charge in [0.25, 0.3) is 5.88 Å². The van der Waals surface area contributed by atoms with Crippen molar-refractivity contribution in [3.63, 3.8) is 0 Å². The van der Waals surface area contributed by atoms with Crippen molar-refractivity contribution in [1.82, 2.24) is 4.98 Å². The third-order valence-electron chi connectivity index (χ3n) is 2.74. The molecule has 0 unspecified atom stereocenters. The van der Waals surface area contributed by atoms with Crippen LogP contribution in [-0.4, -0.2) is 22.2 Å². The Morgan fingerprint density at radius 3 is 2.67 bits per heavy atom. The standard InChI is InChI=1S/C16H17NO4/c1-10(2)20-14-5-4-8-17-15(14)21-12-6-7-13(16(18)19)11(3)9-12/h4-10H,1-3H3,(H,18,19). The van der Waals surface area contributed by atoms with Crippen molar-refractivity contribution in [3.8, 4) is 17.4 Å². The Kier molecular flexibility index (Phi) is 4.42. The van der Waals surface area contributed by atoms with Gasteiger partial charge >= 0.3 is 5.97 Å². The molecule has 0 bridgehead atoms. The summed E-state index contributed by atoms with van der Waals surface area (Å²) < 4.78 is 11.3. The van der Waals surface area contributed by atoms with Crippen LogP contribution in [0.5, 0.6) is 17.4 Å². The third-order valence-corrected chi connectivity index (χ3v) is 2.74. The summed E-state index contributed by atoms with van der Waals surface area (Å²) in [5.74, 6) is 0.465. The van der Waals surface area contributed by atoms with E-state index in [1.807, 2.05) is 13.8 Å². The number of nitrogens with zero attached hydrogens (tertiary/aromatic N) is 1. The van der Waals surface area contributed by atoms with E-state index in [1.165, 1.54) is 6.07 Å². The van der Waals surface area contributed by atoms with Gasteiger partial charge in [-0.05, 0) is 56.7 Å². The van der Waals surface area contributed by atoms with Crippen LogP contribution >= 0.6 is 0 Å². The maximum Gasteiger partial charge on any atom is 0.335 e. The number of pyridine rings is 1. The highest BCUT2D eigenvalue weighted by molar-refractivity contribution is 5.89. The van der Waals surface area contributed by atoms with E-state index in [1.54, 1.807) is 37.4 Å². The van der Waals surface area contributed by atoms with Crippen molar-refractivity contribution in [2.75, 3.05) is 0 Å². The van der Waals surface area contributed by atoms with E-state index >= 15 is 0 Å². The van der Waals surface area contributed by atoms with Gasteiger partial charge in [0.05, 0.1) is 11.7 Å². The van der Waals surface area contributed by atoms with Crippen LogP contribution in [0.2, 0.25) is 0 Å². The lowest BCUT2D eigenvalue weighted by molar-refractivity contribution is 0.0696. The smallest absolute Gasteiger partial charge is 0.335 e. The summed E-state index contributed by atoms with van der Waals surface area (Å²) in [6.07, 6.45) is 1.62. The Bertz CT molecular complexity index is 652. The van der Waals surface area contributed by atoms with Crippen LogP contribution in [-0.2, 0) is 0 Å². The second kappa shape index (κ2) is 6.26. The first-order valence-electron chi connectivity index (χ1n) is 6.61. The van der Waals surface area contributed by atoms with E-state index in [-0.39, 0.29) is 11.7 Å². The summed E-state index contributed by atoms with van der Waals surface area (Å²) in [5.41, 5.74) is 0.879. The molecule has 1 aromatic heterocycles. The molecule has 0 spiro atoms. The average molecular weight is 287 g/mol. The van der Waals surface area contributed by atoms with Crippen LogP contribution in [0.15, 0.2) is 36.5 Å². The van der Waals surface area contributed by atoms with Crippen molar-refractivity contribution in [1.29, 1.82) is 0 Å². The fraction of sp³-hybridized carbons (Fsp3) is 0.250. The molecule has 0 aliphatic rings. The topological polar surface area (TPSA) is 68.7 Å². The monoisotopic (exact) mass is 287 g/mol. The van der Waals surface area contributed by atoms with Crippen LogP contribution in [0.1, 0.15) is 29.8 Å². The maximum absolute atomic E-state index is 11.0. The first-order chi connectivity index (χ1) is 9.97. The second-order valence-electron chi connectivity index (χ2n) is 4.86. The number of carboxylic acid groups (broad SMARTS) is 1. The Balaban J connectivity index is 2.26. The summed E-state index contributed by atoms with van der Waals surface area (Å²) in [6, 6.07) is 8.32. The summed E-state index contributed by atoms with van der Waals surface area (Å²) >= 11 is 0. The lowest BCUT2D eigenvalue weighted by atomic mass is 10.1. The number of aromatic carboxylic acids is 1. The molecule has 2 rings (SSSR count). The van der Waals surface area contributed by atoms with Gasteiger partial charge in [0.15, 0.2) is 5.75 Å². The Morgan fingerprint density at radius 1 is 1.29 bits per heavy atom. The molecule has 0 aliphatic heterocycles. The first-order valence-corrected chi connectivity index (χ1v) is 6.61. The van der Waals surface area contributed by atoms with Gasteiger partial charge in [-0.25, -0.2) is 9.78 Å². The highest BCUT2D eigenvalue weighted by atomic mass is 16.5. The quantitative estimate of drug-likeness (QED) is 0.908. The number of ether oxygens (including phenoxy) is 2. The number of hydrogen-bond donors (Lipinski definition) is 1. The largest absolute Gasteiger partial charge is 0.485 e. The molecule has 0 saturated heterocycles. The van der Waals surface area contributed by atoms with Gasteiger partial charge < -0.3 is 14.6 Å². The number of carboxylic acids is 1. The summed E-state index contributed by atoms with van der Waals surface area (Å²) in [4.78, 5) is 15.1. The van der Waals surface area contributed by atoms with E-state index in [0.29, 0.717) is 22.9 Å². The highest BCUT2D eigenvalue weighted by Gasteiger charge is 2.11. The molecule has 0 atom stereocenters. The van der Waals surface area contributed by atoms with Gasteiger partial charge in [-0.2, -0.15) is 0 Å². The molecule has 1 heterocycles. The second-order valence-corrected chi connectivity index (χ2v) is 4.86. The van der Waals surface area contributed by atoms with E-state index in [9.17, 15) is 4.79 Å². The predicted octanol–water partition coefficient (Wildman–Crippen LogP) is 3.67. The molecule has 0 saturated carbocycles. The minimum atomic E-state index is -0.958. The Hall–Kier alpha value is -2.56. The number of aryl methyl sites for hydroxylation is 1. The van der Waals surface area contributed by atoms with Gasteiger partial charge in [-0.1, -0.05) is 0 Å². The maximum atomic E-state index is 11.0. The van der Waals surface area contributed by atoms with Crippen molar-refractivity contribution in [3.05, 3.63) is 47.7 Å². The van der Waals surface area contributed by atoms with Crippen LogP contribution in [0.3, 0.4) is 0 Å². The average Bonchev–Trinajstić information content (AvgIpc) is 2.40. The summed E-state index contributed by atoms with van der Waals surface area (Å²) in [7, 11) is 0. The molecule has 110 valence electrons. The summed E-state index contributed by atoms with van der Waals surface area (Å²) in [6.45, 7) is 5.56. The van der Waals surface area contributed by atoms with Crippen molar-refractivity contribution in [2.45, 2.75) is 26.9 Å². The number of hydrogen-bond acceptors (Lipinski definition) is 4. The van der Waals surface area contributed by atoms with Gasteiger partial charge in [-0.3, -0.25) is 0 Å². The molecule has 2 aromatic rings. The Labute approximate surface area is 123 Å². The fourth-order valence-corrected chi connectivity index (χ4v) is 1.85. The molecule has 1 aromatic carbocycles. The Morgan fingerprint density at radius 2 is 2.05 bits per heavy atom. The molecule has 1 N–H and O–H groups in total. The first kappa shape index (κ1) is 14.8. The zero-order valence-corrected chi connectivity index (χ0v) is 12.2. The number of aromatic nitrogens is 1. The minimum Gasteiger partial charge on any atom is -0.485 e. The van der Waals surface area contributed by atoms with Gasteiger partial charge in [0, 0.05) is 6.20 Å². The van der Waals surface area contributed by atoms with Crippen LogP contribution in [0.25, 0.3) is 0 Å². The van der Waals surface area contributed by atoms with Crippen molar-refractivity contribution < 1.29 is 19.4 Å². The number of carbonyl (C=O) groups is 1. The molecular formula is C16H17NO4. The third kappa shape index (κ3) is 3.72. The molecule has 0 fully saturated rings.